The number of hydrogen-bond acceptors (Lipinski definition) is 4. The van der Waals surface area contributed by atoms with Gasteiger partial charge < -0.3 is 14.8 Å². The summed E-state index contributed by atoms with van der Waals surface area (Å²) in [5, 5.41) is 3.67. The van der Waals surface area contributed by atoms with E-state index in [1.54, 1.807) is 12.1 Å². The van der Waals surface area contributed by atoms with Crippen molar-refractivity contribution in [3.63, 3.8) is 0 Å². The van der Waals surface area contributed by atoms with E-state index in [2.05, 4.69) is 5.32 Å². The van der Waals surface area contributed by atoms with Gasteiger partial charge in [0.15, 0.2) is 11.5 Å². The van der Waals surface area contributed by atoms with E-state index in [1.165, 1.54) is 0 Å². The summed E-state index contributed by atoms with van der Waals surface area (Å²) in [5.41, 5.74) is 0.683. The highest BCUT2D eigenvalue weighted by Crippen LogP contribution is 2.41. The molecule has 2 aliphatic heterocycles. The number of fused-ring (bicyclic) bond motifs is 1. The van der Waals surface area contributed by atoms with Crippen LogP contribution in [0.1, 0.15) is 18.0 Å². The van der Waals surface area contributed by atoms with E-state index >= 15 is 0 Å². The monoisotopic (exact) mass is 354 g/mol. The van der Waals surface area contributed by atoms with Gasteiger partial charge in [0.1, 0.15) is 0 Å². The topological polar surface area (TPSA) is 33.7 Å². The van der Waals surface area contributed by atoms with Crippen LogP contribution < -0.4 is 14.8 Å². The van der Waals surface area contributed by atoms with E-state index in [9.17, 15) is 8.78 Å². The number of benzene rings is 1. The molecule has 1 saturated heterocycles. The van der Waals surface area contributed by atoms with Crippen LogP contribution in [-0.4, -0.2) is 44.3 Å². The van der Waals surface area contributed by atoms with Crippen molar-refractivity contribution in [1.82, 2.24) is 10.2 Å². The summed E-state index contributed by atoms with van der Waals surface area (Å²) in [6, 6.07) is 2.98. The minimum absolute atomic E-state index is 0. The molecule has 3 rings (SSSR count). The van der Waals surface area contributed by atoms with Gasteiger partial charge in [0.25, 0.3) is 0 Å². The molecule has 8 heteroatoms. The minimum Gasteiger partial charge on any atom is -0.454 e. The molecule has 124 valence electrons. The van der Waals surface area contributed by atoms with Gasteiger partial charge in [-0.15, -0.1) is 12.4 Å². The molecule has 1 fully saturated rings. The zero-order valence-corrected chi connectivity index (χ0v) is 13.4. The number of piperazine rings is 1. The van der Waals surface area contributed by atoms with E-state index < -0.39 is 12.5 Å². The highest BCUT2D eigenvalue weighted by molar-refractivity contribution is 6.31. The first-order chi connectivity index (χ1) is 10.1. The van der Waals surface area contributed by atoms with Crippen LogP contribution in [0.3, 0.4) is 0 Å². The maximum atomic E-state index is 13.0. The van der Waals surface area contributed by atoms with Crippen LogP contribution in [0.5, 0.6) is 11.5 Å². The summed E-state index contributed by atoms with van der Waals surface area (Å²) >= 11 is 6.28. The molecule has 0 spiro atoms. The Kier molecular flexibility index (Phi) is 6.09. The Morgan fingerprint density at radius 2 is 1.82 bits per heavy atom. The van der Waals surface area contributed by atoms with Gasteiger partial charge >= 0.3 is 0 Å². The number of halogens is 4. The van der Waals surface area contributed by atoms with E-state index in [4.69, 9.17) is 21.1 Å². The zero-order valence-electron chi connectivity index (χ0n) is 11.9. The lowest BCUT2D eigenvalue weighted by molar-refractivity contribution is 0.0738. The first kappa shape index (κ1) is 17.5. The van der Waals surface area contributed by atoms with E-state index in [0.29, 0.717) is 22.1 Å². The molecule has 0 aromatic heterocycles. The van der Waals surface area contributed by atoms with Gasteiger partial charge in [-0.3, -0.25) is 4.90 Å². The smallest absolute Gasteiger partial charge is 0.240 e. The zero-order chi connectivity index (χ0) is 14.8. The van der Waals surface area contributed by atoms with E-state index in [1.807, 2.05) is 4.90 Å². The Morgan fingerprint density at radius 1 is 1.18 bits per heavy atom. The molecule has 22 heavy (non-hydrogen) atoms. The molecular weight excluding hydrogens is 337 g/mol. The fraction of sp³-hybridized carbons (Fsp3) is 0.571. The summed E-state index contributed by atoms with van der Waals surface area (Å²) in [4.78, 5) is 2.05. The lowest BCUT2D eigenvalue weighted by Gasteiger charge is -2.35. The normalized spacial score (nSPS) is 19.1. The first-order valence-electron chi connectivity index (χ1n) is 6.97. The van der Waals surface area contributed by atoms with Crippen LogP contribution in [0.15, 0.2) is 12.1 Å². The molecule has 0 amide bonds. The van der Waals surface area contributed by atoms with Crippen molar-refractivity contribution in [3.05, 3.63) is 22.7 Å². The fourth-order valence-electron chi connectivity index (χ4n) is 2.82. The largest absolute Gasteiger partial charge is 0.454 e. The number of alkyl halides is 2. The molecule has 1 aromatic carbocycles. The van der Waals surface area contributed by atoms with Crippen molar-refractivity contribution in [2.75, 3.05) is 33.0 Å². The number of nitrogens with one attached hydrogen (secondary N) is 1. The maximum absolute atomic E-state index is 13.0. The summed E-state index contributed by atoms with van der Waals surface area (Å²) in [6.45, 7) is 3.18. The first-order valence-corrected chi connectivity index (χ1v) is 7.35. The van der Waals surface area contributed by atoms with Crippen molar-refractivity contribution >= 4 is 24.0 Å². The van der Waals surface area contributed by atoms with Gasteiger partial charge in [0, 0.05) is 49.7 Å². The highest BCUT2D eigenvalue weighted by atomic mass is 35.5. The van der Waals surface area contributed by atoms with Crippen LogP contribution in [0, 0.1) is 0 Å². The summed E-state index contributed by atoms with van der Waals surface area (Å²) < 4.78 is 36.6. The molecule has 0 unspecified atom stereocenters. The van der Waals surface area contributed by atoms with Crippen molar-refractivity contribution < 1.29 is 18.3 Å². The minimum atomic E-state index is -2.38. The Morgan fingerprint density at radius 3 is 2.45 bits per heavy atom. The van der Waals surface area contributed by atoms with Crippen molar-refractivity contribution in [2.24, 2.45) is 0 Å². The summed E-state index contributed by atoms with van der Waals surface area (Å²) in [5.74, 6) is 1.14. The van der Waals surface area contributed by atoms with Crippen LogP contribution in [-0.2, 0) is 0 Å². The Hall–Kier alpha value is -0.820. The Bertz CT molecular complexity index is 514. The number of nitrogens with zero attached hydrogens (tertiary/aromatic N) is 1. The van der Waals surface area contributed by atoms with E-state index in [-0.39, 0.29) is 25.6 Å². The van der Waals surface area contributed by atoms with Crippen LogP contribution >= 0.6 is 24.0 Å². The third-order valence-electron chi connectivity index (χ3n) is 3.84. The predicted molar refractivity (Wildman–Crippen MR) is 82.6 cm³/mol. The van der Waals surface area contributed by atoms with Gasteiger partial charge in [-0.05, 0) is 11.6 Å². The molecule has 0 bridgehead atoms. The number of hydrogen-bond donors (Lipinski definition) is 1. The van der Waals surface area contributed by atoms with E-state index in [0.717, 1.165) is 26.2 Å². The Labute approximate surface area is 139 Å². The molecule has 0 aliphatic carbocycles. The van der Waals surface area contributed by atoms with Gasteiger partial charge in [0.05, 0.1) is 0 Å². The van der Waals surface area contributed by atoms with Gasteiger partial charge in [-0.1, -0.05) is 11.6 Å². The lowest BCUT2D eigenvalue weighted by atomic mass is 10.0. The second-order valence-corrected chi connectivity index (χ2v) is 5.56. The molecule has 4 nitrogen and oxygen atoms in total. The molecule has 0 saturated carbocycles. The second kappa shape index (κ2) is 7.64. The van der Waals surface area contributed by atoms with Crippen molar-refractivity contribution in [1.29, 1.82) is 0 Å². The average molecular weight is 355 g/mol. The summed E-state index contributed by atoms with van der Waals surface area (Å²) in [7, 11) is 0. The molecule has 1 N–H and O–H groups in total. The van der Waals surface area contributed by atoms with Crippen molar-refractivity contribution in [2.45, 2.75) is 18.9 Å². The third-order valence-corrected chi connectivity index (χ3v) is 4.17. The maximum Gasteiger partial charge on any atom is 0.240 e. The standard InChI is InChI=1S/C14H17ClF2N2O2.ClH/c15-10-6-13-12(20-8-21-13)5-9(10)11(7-14(16)17)19-3-1-18-2-4-19;/h5-6,11,14,18H,1-4,7-8H2;1H/t11-;/m0./s1. The molecular formula is C14H18Cl2F2N2O2. The van der Waals surface area contributed by atoms with Crippen molar-refractivity contribution in [3.8, 4) is 11.5 Å². The van der Waals surface area contributed by atoms with Gasteiger partial charge in [-0.2, -0.15) is 0 Å². The quantitative estimate of drug-likeness (QED) is 0.900. The lowest BCUT2D eigenvalue weighted by Crippen LogP contribution is -2.45. The molecule has 0 radical (unpaired) electrons. The number of ether oxygens (including phenoxy) is 2. The summed E-state index contributed by atoms with van der Waals surface area (Å²) in [6.07, 6.45) is -2.62. The second-order valence-electron chi connectivity index (χ2n) is 5.16. The van der Waals surface area contributed by atoms with Gasteiger partial charge in [-0.25, -0.2) is 8.78 Å². The predicted octanol–water partition coefficient (Wildman–Crippen LogP) is 3.09. The van der Waals surface area contributed by atoms with Crippen LogP contribution in [0.4, 0.5) is 8.78 Å². The molecule has 2 aliphatic rings. The van der Waals surface area contributed by atoms with Crippen LogP contribution in [0.2, 0.25) is 5.02 Å². The SMILES string of the molecule is Cl.FC(F)C[C@@H](c1cc2c(cc1Cl)OCO2)N1CCNCC1. The third kappa shape index (κ3) is 3.74. The molecule has 2 heterocycles. The van der Waals surface area contributed by atoms with Crippen LogP contribution in [0.25, 0.3) is 0 Å². The molecule has 1 atom stereocenters. The highest BCUT2D eigenvalue weighted by Gasteiger charge is 2.29. The number of rotatable bonds is 4. The van der Waals surface area contributed by atoms with Gasteiger partial charge in [0.2, 0.25) is 13.2 Å². The average Bonchev–Trinajstić information content (AvgIpc) is 2.92. The Balaban J connectivity index is 0.00000176. The fourth-order valence-corrected chi connectivity index (χ4v) is 3.10. The molecule has 1 aromatic rings.